The molecule has 0 unspecified atom stereocenters. The molecule has 5 nitrogen and oxygen atoms in total. The number of rotatable bonds is 2. The van der Waals surface area contributed by atoms with Crippen LogP contribution in [0.4, 0.5) is 4.79 Å². The predicted octanol–water partition coefficient (Wildman–Crippen LogP) is 1.78. The van der Waals surface area contributed by atoms with Gasteiger partial charge in [0.15, 0.2) is 0 Å². The van der Waals surface area contributed by atoms with E-state index in [1.807, 2.05) is 44.2 Å². The van der Waals surface area contributed by atoms with Crippen LogP contribution in [0.15, 0.2) is 30.3 Å². The molecule has 1 fully saturated rings. The van der Waals surface area contributed by atoms with Gasteiger partial charge in [0.1, 0.15) is 6.61 Å². The van der Waals surface area contributed by atoms with Crippen molar-refractivity contribution in [2.75, 3.05) is 13.1 Å². The summed E-state index contributed by atoms with van der Waals surface area (Å²) in [6, 6.07) is 9.45. The Morgan fingerprint density at radius 1 is 1.29 bits per heavy atom. The van der Waals surface area contributed by atoms with Crippen molar-refractivity contribution in [1.82, 2.24) is 4.90 Å². The van der Waals surface area contributed by atoms with Crippen molar-refractivity contribution in [3.63, 3.8) is 0 Å². The molecular weight excluding hydrogens is 270 g/mol. The zero-order valence-electron chi connectivity index (χ0n) is 12.5. The molecule has 1 aromatic carbocycles. The number of carbonyl (C=O) groups is 1. The highest BCUT2D eigenvalue weighted by molar-refractivity contribution is 5.67. The van der Waals surface area contributed by atoms with E-state index in [1.165, 1.54) is 4.90 Å². The van der Waals surface area contributed by atoms with Crippen molar-refractivity contribution in [2.45, 2.75) is 39.1 Å². The molecule has 0 spiro atoms. The van der Waals surface area contributed by atoms with Gasteiger partial charge in [0.05, 0.1) is 18.8 Å². The van der Waals surface area contributed by atoms with Gasteiger partial charge < -0.3 is 19.8 Å². The highest BCUT2D eigenvalue weighted by Crippen LogP contribution is 2.28. The van der Waals surface area contributed by atoms with E-state index < -0.39 is 18.3 Å². The summed E-state index contributed by atoms with van der Waals surface area (Å²) >= 11 is 0. The summed E-state index contributed by atoms with van der Waals surface area (Å²) < 4.78 is 5.29. The Morgan fingerprint density at radius 2 is 1.95 bits per heavy atom. The van der Waals surface area contributed by atoms with E-state index in [2.05, 4.69) is 0 Å². The minimum absolute atomic E-state index is 0.0955. The lowest BCUT2D eigenvalue weighted by atomic mass is 9.86. The minimum atomic E-state index is -0.934. The third-order valence-electron chi connectivity index (χ3n) is 3.70. The van der Waals surface area contributed by atoms with Crippen molar-refractivity contribution in [3.8, 4) is 0 Å². The molecule has 0 radical (unpaired) electrons. The first-order chi connectivity index (χ1) is 9.87. The molecule has 116 valence electrons. The van der Waals surface area contributed by atoms with Crippen LogP contribution in [0, 0.1) is 5.41 Å². The van der Waals surface area contributed by atoms with Crippen LogP contribution in [0.25, 0.3) is 0 Å². The van der Waals surface area contributed by atoms with Crippen molar-refractivity contribution in [3.05, 3.63) is 35.9 Å². The summed E-state index contributed by atoms with van der Waals surface area (Å²) in [5.74, 6) is 0. The number of hydrogen-bond acceptors (Lipinski definition) is 4. The third kappa shape index (κ3) is 4.44. The van der Waals surface area contributed by atoms with Gasteiger partial charge in [0, 0.05) is 6.54 Å². The maximum Gasteiger partial charge on any atom is 0.410 e. The van der Waals surface area contributed by atoms with Crippen molar-refractivity contribution in [1.29, 1.82) is 0 Å². The quantitative estimate of drug-likeness (QED) is 0.872. The fraction of sp³-hybridized carbons (Fsp3) is 0.562. The van der Waals surface area contributed by atoms with Gasteiger partial charge in [-0.25, -0.2) is 4.79 Å². The molecule has 2 N–H and O–H groups in total. The number of aliphatic hydroxyl groups is 2. The third-order valence-corrected chi connectivity index (χ3v) is 3.70. The lowest BCUT2D eigenvalue weighted by molar-refractivity contribution is 0.00228. The van der Waals surface area contributed by atoms with Gasteiger partial charge in [0.25, 0.3) is 0 Å². The molecule has 0 saturated carbocycles. The van der Waals surface area contributed by atoms with Crippen molar-refractivity contribution >= 4 is 6.09 Å². The second kappa shape index (κ2) is 6.45. The summed E-state index contributed by atoms with van der Waals surface area (Å²) in [6.07, 6.45) is -1.75. The molecule has 2 atom stereocenters. The Labute approximate surface area is 125 Å². The molecule has 21 heavy (non-hydrogen) atoms. The first-order valence-electron chi connectivity index (χ1n) is 7.19. The van der Waals surface area contributed by atoms with Crippen LogP contribution in [0.1, 0.15) is 25.8 Å². The number of likely N-dealkylation sites (tertiary alicyclic amines) is 1. The van der Waals surface area contributed by atoms with Gasteiger partial charge in [0.2, 0.25) is 0 Å². The Morgan fingerprint density at radius 3 is 2.62 bits per heavy atom. The van der Waals surface area contributed by atoms with Gasteiger partial charge >= 0.3 is 6.09 Å². The van der Waals surface area contributed by atoms with E-state index in [1.54, 1.807) is 0 Å². The first kappa shape index (κ1) is 15.8. The molecule has 1 amide bonds. The number of carbonyl (C=O) groups excluding carboxylic acids is 1. The number of amides is 1. The molecule has 0 aliphatic carbocycles. The Bertz CT molecular complexity index is 474. The normalized spacial score (nSPS) is 25.2. The molecule has 1 aromatic rings. The number of ether oxygens (including phenoxy) is 1. The van der Waals surface area contributed by atoms with E-state index in [9.17, 15) is 15.0 Å². The Kier molecular flexibility index (Phi) is 4.85. The standard InChI is InChI=1S/C16H23NO4/c1-16(2)8-13(18)14(19)9-17(11-16)15(20)21-10-12-6-4-3-5-7-12/h3-7,13-14,18-19H,8-11H2,1-2H3/t13-,14+/m1/s1. The summed E-state index contributed by atoms with van der Waals surface area (Å²) in [6.45, 7) is 4.68. The van der Waals surface area contributed by atoms with Crippen molar-refractivity contribution < 1.29 is 19.7 Å². The van der Waals surface area contributed by atoms with E-state index in [0.29, 0.717) is 13.0 Å². The van der Waals surface area contributed by atoms with E-state index in [-0.39, 0.29) is 18.6 Å². The topological polar surface area (TPSA) is 70.0 Å². The number of aliphatic hydroxyl groups excluding tert-OH is 2. The maximum absolute atomic E-state index is 12.2. The molecule has 0 bridgehead atoms. The SMILES string of the molecule is CC1(C)C[C@@H](O)[C@@H](O)CN(C(=O)OCc2ccccc2)C1. The molecule has 1 aliphatic heterocycles. The van der Waals surface area contributed by atoms with Crippen LogP contribution < -0.4 is 0 Å². The van der Waals surface area contributed by atoms with Crippen molar-refractivity contribution in [2.24, 2.45) is 5.41 Å². The summed E-state index contributed by atoms with van der Waals surface area (Å²) in [4.78, 5) is 13.7. The monoisotopic (exact) mass is 293 g/mol. The van der Waals surface area contributed by atoms with Gasteiger partial charge in [-0.05, 0) is 17.4 Å². The van der Waals surface area contributed by atoms with Crippen LogP contribution in [0.3, 0.4) is 0 Å². The van der Waals surface area contributed by atoms with Gasteiger partial charge in [-0.2, -0.15) is 0 Å². The van der Waals surface area contributed by atoms with E-state index >= 15 is 0 Å². The second-order valence-corrected chi connectivity index (χ2v) is 6.42. The first-order valence-corrected chi connectivity index (χ1v) is 7.19. The molecule has 5 heteroatoms. The number of hydrogen-bond donors (Lipinski definition) is 2. The zero-order valence-corrected chi connectivity index (χ0v) is 12.5. The van der Waals surface area contributed by atoms with Crippen LogP contribution in [0.5, 0.6) is 0 Å². The second-order valence-electron chi connectivity index (χ2n) is 6.42. The van der Waals surface area contributed by atoms with Crippen LogP contribution in [0.2, 0.25) is 0 Å². The van der Waals surface area contributed by atoms with Gasteiger partial charge in [-0.15, -0.1) is 0 Å². The molecule has 1 heterocycles. The lowest BCUT2D eigenvalue weighted by Gasteiger charge is -2.28. The average Bonchev–Trinajstić information content (AvgIpc) is 2.53. The largest absolute Gasteiger partial charge is 0.445 e. The smallest absolute Gasteiger partial charge is 0.410 e. The number of benzene rings is 1. The highest BCUT2D eigenvalue weighted by atomic mass is 16.6. The average molecular weight is 293 g/mol. The molecule has 1 aliphatic rings. The summed E-state index contributed by atoms with van der Waals surface area (Å²) in [5.41, 5.74) is 0.656. The van der Waals surface area contributed by atoms with Crippen LogP contribution in [-0.2, 0) is 11.3 Å². The van der Waals surface area contributed by atoms with Crippen LogP contribution in [-0.4, -0.2) is 46.5 Å². The Balaban J connectivity index is 1.97. The zero-order chi connectivity index (χ0) is 15.5. The number of β-amino-alcohol motifs (C(OH)–C–C–N with tert-alkyl or cyclic N) is 1. The fourth-order valence-corrected chi connectivity index (χ4v) is 2.65. The lowest BCUT2D eigenvalue weighted by Crippen LogP contribution is -2.41. The summed E-state index contributed by atoms with van der Waals surface area (Å²) in [7, 11) is 0. The van der Waals surface area contributed by atoms with Gasteiger partial charge in [-0.1, -0.05) is 44.2 Å². The minimum Gasteiger partial charge on any atom is -0.445 e. The predicted molar refractivity (Wildman–Crippen MR) is 78.6 cm³/mol. The highest BCUT2D eigenvalue weighted by Gasteiger charge is 2.36. The number of nitrogens with zero attached hydrogens (tertiary/aromatic N) is 1. The molecular formula is C16H23NO4. The Hall–Kier alpha value is -1.59. The van der Waals surface area contributed by atoms with Gasteiger partial charge in [-0.3, -0.25) is 0 Å². The van der Waals surface area contributed by atoms with E-state index in [0.717, 1.165) is 5.56 Å². The molecule has 2 rings (SSSR count). The fourth-order valence-electron chi connectivity index (χ4n) is 2.65. The maximum atomic E-state index is 12.2. The van der Waals surface area contributed by atoms with E-state index in [4.69, 9.17) is 4.74 Å². The molecule has 0 aromatic heterocycles. The van der Waals surface area contributed by atoms with Crippen LogP contribution >= 0.6 is 0 Å². The molecule has 1 saturated heterocycles. The summed E-state index contributed by atoms with van der Waals surface area (Å²) in [5, 5.41) is 19.8.